The standard InChI is InChI=1S/C18H18ClN3O2/c1-11(2)18(20)21-17-9-8-13(22(23)24)10-15(17)12(3)14-6-4-5-7-16(14)19/h4-11H,3H2,1-2H3,(H2,20,21). The lowest BCUT2D eigenvalue weighted by Gasteiger charge is -2.12. The first-order valence-electron chi connectivity index (χ1n) is 7.38. The van der Waals surface area contributed by atoms with E-state index in [0.717, 1.165) is 0 Å². The summed E-state index contributed by atoms with van der Waals surface area (Å²) in [6.45, 7) is 7.90. The number of hydrogen-bond donors (Lipinski definition) is 1. The number of non-ortho nitro benzene ring substituents is 1. The summed E-state index contributed by atoms with van der Waals surface area (Å²) in [5.41, 5.74) is 8.21. The number of aliphatic imine (C=N–C) groups is 1. The highest BCUT2D eigenvalue weighted by molar-refractivity contribution is 6.32. The average Bonchev–Trinajstić information content (AvgIpc) is 2.54. The van der Waals surface area contributed by atoms with Gasteiger partial charge >= 0.3 is 0 Å². The van der Waals surface area contributed by atoms with E-state index in [2.05, 4.69) is 11.6 Å². The van der Waals surface area contributed by atoms with Crippen molar-refractivity contribution in [2.45, 2.75) is 13.8 Å². The van der Waals surface area contributed by atoms with E-state index in [1.165, 1.54) is 12.1 Å². The van der Waals surface area contributed by atoms with Gasteiger partial charge < -0.3 is 5.73 Å². The predicted molar refractivity (Wildman–Crippen MR) is 98.8 cm³/mol. The number of amidine groups is 1. The Bertz CT molecular complexity index is 829. The lowest BCUT2D eigenvalue weighted by atomic mass is 9.97. The molecule has 124 valence electrons. The van der Waals surface area contributed by atoms with Gasteiger partial charge in [0.05, 0.1) is 10.6 Å². The summed E-state index contributed by atoms with van der Waals surface area (Å²) < 4.78 is 0. The van der Waals surface area contributed by atoms with Gasteiger partial charge in [-0.2, -0.15) is 0 Å². The number of nitro benzene ring substituents is 1. The van der Waals surface area contributed by atoms with Crippen LogP contribution in [-0.4, -0.2) is 10.8 Å². The molecule has 0 aliphatic heterocycles. The Morgan fingerprint density at radius 1 is 1.25 bits per heavy atom. The van der Waals surface area contributed by atoms with Gasteiger partial charge in [0.1, 0.15) is 5.84 Å². The van der Waals surface area contributed by atoms with Crippen LogP contribution in [0.1, 0.15) is 25.0 Å². The summed E-state index contributed by atoms with van der Waals surface area (Å²) in [5, 5.41) is 11.6. The van der Waals surface area contributed by atoms with Crippen LogP contribution in [0.4, 0.5) is 11.4 Å². The highest BCUT2D eigenvalue weighted by Gasteiger charge is 2.16. The van der Waals surface area contributed by atoms with Crippen molar-refractivity contribution in [3.8, 4) is 0 Å². The van der Waals surface area contributed by atoms with Crippen LogP contribution in [0.15, 0.2) is 54.0 Å². The van der Waals surface area contributed by atoms with E-state index in [1.807, 2.05) is 32.0 Å². The molecule has 24 heavy (non-hydrogen) atoms. The van der Waals surface area contributed by atoms with E-state index in [4.69, 9.17) is 17.3 Å². The van der Waals surface area contributed by atoms with Crippen molar-refractivity contribution in [1.82, 2.24) is 0 Å². The van der Waals surface area contributed by atoms with Crippen molar-refractivity contribution >= 4 is 34.4 Å². The van der Waals surface area contributed by atoms with E-state index < -0.39 is 4.92 Å². The monoisotopic (exact) mass is 343 g/mol. The Kier molecular flexibility index (Phi) is 5.36. The quantitative estimate of drug-likeness (QED) is 0.360. The van der Waals surface area contributed by atoms with Crippen LogP contribution >= 0.6 is 11.6 Å². The maximum atomic E-state index is 11.1. The van der Waals surface area contributed by atoms with E-state index in [-0.39, 0.29) is 11.6 Å². The van der Waals surface area contributed by atoms with E-state index in [9.17, 15) is 10.1 Å². The highest BCUT2D eigenvalue weighted by Crippen LogP contribution is 2.35. The molecule has 0 unspecified atom stereocenters. The Hall–Kier alpha value is -2.66. The van der Waals surface area contributed by atoms with Crippen LogP contribution in [0.25, 0.3) is 5.57 Å². The Labute approximate surface area is 145 Å². The number of halogens is 1. The lowest BCUT2D eigenvalue weighted by Crippen LogP contribution is -2.18. The summed E-state index contributed by atoms with van der Waals surface area (Å²) in [7, 11) is 0. The molecule has 0 saturated carbocycles. The molecule has 5 nitrogen and oxygen atoms in total. The van der Waals surface area contributed by atoms with E-state index >= 15 is 0 Å². The maximum Gasteiger partial charge on any atom is 0.270 e. The molecule has 0 fully saturated rings. The second-order valence-corrected chi connectivity index (χ2v) is 6.02. The van der Waals surface area contributed by atoms with Gasteiger partial charge in [-0.05, 0) is 17.7 Å². The molecule has 0 saturated heterocycles. The normalized spacial score (nSPS) is 11.6. The first-order valence-corrected chi connectivity index (χ1v) is 7.75. The third-order valence-electron chi connectivity index (χ3n) is 3.56. The molecule has 2 rings (SSSR count). The lowest BCUT2D eigenvalue weighted by molar-refractivity contribution is -0.384. The van der Waals surface area contributed by atoms with Gasteiger partial charge in [-0.3, -0.25) is 10.1 Å². The molecule has 2 aromatic rings. The first-order chi connectivity index (χ1) is 11.3. The fourth-order valence-corrected chi connectivity index (χ4v) is 2.35. The van der Waals surface area contributed by atoms with Crippen LogP contribution < -0.4 is 5.73 Å². The van der Waals surface area contributed by atoms with E-state index in [1.54, 1.807) is 12.1 Å². The molecule has 0 radical (unpaired) electrons. The zero-order valence-electron chi connectivity index (χ0n) is 13.5. The average molecular weight is 344 g/mol. The van der Waals surface area contributed by atoms with Crippen LogP contribution in [0.5, 0.6) is 0 Å². The molecule has 2 aromatic carbocycles. The molecule has 0 heterocycles. The number of nitro groups is 1. The summed E-state index contributed by atoms with van der Waals surface area (Å²) in [6, 6.07) is 11.6. The minimum absolute atomic E-state index is 0.0414. The fourth-order valence-electron chi connectivity index (χ4n) is 2.10. The van der Waals surface area contributed by atoms with Gasteiger partial charge in [-0.15, -0.1) is 0 Å². The van der Waals surface area contributed by atoms with Crippen LogP contribution in [0, 0.1) is 16.0 Å². The van der Waals surface area contributed by atoms with Crippen molar-refractivity contribution in [2.24, 2.45) is 16.6 Å². The smallest absolute Gasteiger partial charge is 0.270 e. The maximum absolute atomic E-state index is 11.1. The van der Waals surface area contributed by atoms with Crippen molar-refractivity contribution in [3.63, 3.8) is 0 Å². The Balaban J connectivity index is 2.63. The minimum atomic E-state index is -0.456. The van der Waals surface area contributed by atoms with Crippen molar-refractivity contribution in [3.05, 3.63) is 75.3 Å². The predicted octanol–water partition coefficient (Wildman–Crippen LogP) is 4.95. The van der Waals surface area contributed by atoms with Gasteiger partial charge in [0.25, 0.3) is 5.69 Å². The molecular formula is C18H18ClN3O2. The largest absolute Gasteiger partial charge is 0.387 e. The highest BCUT2D eigenvalue weighted by atomic mass is 35.5. The topological polar surface area (TPSA) is 81.5 Å². The number of benzene rings is 2. The third kappa shape index (κ3) is 3.81. The van der Waals surface area contributed by atoms with Gasteiger partial charge in [-0.1, -0.05) is 50.2 Å². The molecule has 6 heteroatoms. The Morgan fingerprint density at radius 3 is 2.50 bits per heavy atom. The number of rotatable bonds is 5. The second-order valence-electron chi connectivity index (χ2n) is 5.61. The Morgan fingerprint density at radius 2 is 1.92 bits per heavy atom. The van der Waals surface area contributed by atoms with Crippen molar-refractivity contribution in [2.75, 3.05) is 0 Å². The van der Waals surface area contributed by atoms with Gasteiger partial charge in [0.15, 0.2) is 0 Å². The van der Waals surface area contributed by atoms with Gasteiger partial charge in [-0.25, -0.2) is 4.99 Å². The van der Waals surface area contributed by atoms with E-state index in [0.29, 0.717) is 33.2 Å². The number of nitrogens with two attached hydrogens (primary N) is 1. The van der Waals surface area contributed by atoms with Gasteiger partial charge in [0.2, 0.25) is 0 Å². The number of nitrogens with zero attached hydrogens (tertiary/aromatic N) is 2. The van der Waals surface area contributed by atoms with Crippen LogP contribution in [0.3, 0.4) is 0 Å². The first kappa shape index (κ1) is 17.7. The SMILES string of the molecule is C=C(c1ccccc1Cl)c1cc([N+](=O)[O-])ccc1N=C(N)C(C)C. The second kappa shape index (κ2) is 7.27. The molecule has 0 spiro atoms. The molecule has 0 atom stereocenters. The summed E-state index contributed by atoms with van der Waals surface area (Å²) in [4.78, 5) is 15.1. The zero-order valence-corrected chi connectivity index (χ0v) is 14.2. The molecule has 2 N–H and O–H groups in total. The van der Waals surface area contributed by atoms with Crippen molar-refractivity contribution in [1.29, 1.82) is 0 Å². The fraction of sp³-hybridized carbons (Fsp3) is 0.167. The molecular weight excluding hydrogens is 326 g/mol. The summed E-state index contributed by atoms with van der Waals surface area (Å²) in [5.74, 6) is 0.499. The zero-order chi connectivity index (χ0) is 17.9. The number of hydrogen-bond acceptors (Lipinski definition) is 3. The summed E-state index contributed by atoms with van der Waals surface area (Å²) >= 11 is 6.22. The minimum Gasteiger partial charge on any atom is -0.387 e. The molecule has 0 aliphatic rings. The van der Waals surface area contributed by atoms with Crippen LogP contribution in [0.2, 0.25) is 5.02 Å². The van der Waals surface area contributed by atoms with Crippen LogP contribution in [-0.2, 0) is 0 Å². The van der Waals surface area contributed by atoms with Crippen molar-refractivity contribution < 1.29 is 4.92 Å². The van der Waals surface area contributed by atoms with Gasteiger partial charge in [0, 0.05) is 34.2 Å². The molecule has 0 bridgehead atoms. The molecule has 0 aliphatic carbocycles. The molecule has 0 amide bonds. The molecule has 0 aromatic heterocycles. The third-order valence-corrected chi connectivity index (χ3v) is 3.89. The summed E-state index contributed by atoms with van der Waals surface area (Å²) in [6.07, 6.45) is 0.